The standard InChI is InChI=1S/C16H19F3N2O.ClH/c17-16(18,19)13-4-2-12(3-5-13)10-21-9-7-15(14(21)22)6-1-8-20-11-15;/h2-5,20H,1,6-11H2;1H. The monoisotopic (exact) mass is 348 g/mol. The van der Waals surface area contributed by atoms with Gasteiger partial charge in [0.25, 0.3) is 0 Å². The molecule has 1 atom stereocenters. The number of benzene rings is 1. The number of amides is 1. The molecule has 0 aliphatic carbocycles. The first-order valence-corrected chi connectivity index (χ1v) is 7.57. The molecule has 1 spiro atoms. The Balaban J connectivity index is 0.00000192. The Labute approximate surface area is 139 Å². The highest BCUT2D eigenvalue weighted by atomic mass is 35.5. The molecule has 2 saturated heterocycles. The Kier molecular flexibility index (Phi) is 5.26. The number of hydrogen-bond donors (Lipinski definition) is 1. The van der Waals surface area contributed by atoms with Gasteiger partial charge in [-0.05, 0) is 43.5 Å². The van der Waals surface area contributed by atoms with Crippen LogP contribution in [0.3, 0.4) is 0 Å². The van der Waals surface area contributed by atoms with Gasteiger partial charge in [0.15, 0.2) is 0 Å². The zero-order chi connectivity index (χ0) is 15.8. The lowest BCUT2D eigenvalue weighted by Crippen LogP contribution is -2.45. The van der Waals surface area contributed by atoms with Crippen molar-refractivity contribution in [3.8, 4) is 0 Å². The molecular formula is C16H20ClF3N2O. The fourth-order valence-electron chi connectivity index (χ4n) is 3.43. The lowest BCUT2D eigenvalue weighted by atomic mass is 9.79. The van der Waals surface area contributed by atoms with Crippen molar-refractivity contribution in [2.75, 3.05) is 19.6 Å². The minimum absolute atomic E-state index is 0. The van der Waals surface area contributed by atoms with E-state index in [2.05, 4.69) is 5.32 Å². The third kappa shape index (κ3) is 3.63. The molecule has 128 valence electrons. The highest BCUT2D eigenvalue weighted by Gasteiger charge is 2.46. The van der Waals surface area contributed by atoms with E-state index < -0.39 is 11.7 Å². The number of hydrogen-bond acceptors (Lipinski definition) is 2. The summed E-state index contributed by atoms with van der Waals surface area (Å²) < 4.78 is 37.7. The van der Waals surface area contributed by atoms with Crippen molar-refractivity contribution in [3.63, 3.8) is 0 Å². The van der Waals surface area contributed by atoms with Gasteiger partial charge < -0.3 is 10.2 Å². The number of rotatable bonds is 2. The molecule has 0 radical (unpaired) electrons. The van der Waals surface area contributed by atoms with E-state index >= 15 is 0 Å². The van der Waals surface area contributed by atoms with Crippen LogP contribution in [0, 0.1) is 5.41 Å². The summed E-state index contributed by atoms with van der Waals surface area (Å²) in [5.74, 6) is 0.139. The van der Waals surface area contributed by atoms with Gasteiger partial charge in [-0.2, -0.15) is 13.2 Å². The third-order valence-electron chi connectivity index (χ3n) is 4.73. The number of alkyl halides is 3. The molecule has 3 rings (SSSR count). The predicted octanol–water partition coefficient (Wildman–Crippen LogP) is 3.23. The zero-order valence-corrected chi connectivity index (χ0v) is 13.5. The second-order valence-corrected chi connectivity index (χ2v) is 6.23. The van der Waals surface area contributed by atoms with Gasteiger partial charge in [-0.3, -0.25) is 4.79 Å². The van der Waals surface area contributed by atoms with E-state index in [0.29, 0.717) is 13.1 Å². The van der Waals surface area contributed by atoms with Gasteiger partial charge in [0.1, 0.15) is 0 Å². The summed E-state index contributed by atoms with van der Waals surface area (Å²) >= 11 is 0. The normalized spacial score (nSPS) is 24.8. The SMILES string of the molecule is Cl.O=C1N(Cc2ccc(C(F)(F)F)cc2)CCC12CCCNC2. The van der Waals surface area contributed by atoms with Gasteiger partial charge in [-0.1, -0.05) is 12.1 Å². The van der Waals surface area contributed by atoms with E-state index in [-0.39, 0.29) is 23.7 Å². The highest BCUT2D eigenvalue weighted by Crippen LogP contribution is 2.38. The number of nitrogens with zero attached hydrogens (tertiary/aromatic N) is 1. The summed E-state index contributed by atoms with van der Waals surface area (Å²) in [6, 6.07) is 5.07. The van der Waals surface area contributed by atoms with Crippen LogP contribution >= 0.6 is 12.4 Å². The minimum atomic E-state index is -4.32. The Morgan fingerprint density at radius 2 is 1.87 bits per heavy atom. The number of piperidine rings is 1. The first-order chi connectivity index (χ1) is 10.4. The van der Waals surface area contributed by atoms with Crippen LogP contribution in [-0.2, 0) is 17.5 Å². The summed E-state index contributed by atoms with van der Waals surface area (Å²) in [6.07, 6.45) is -1.58. The van der Waals surface area contributed by atoms with Crippen molar-refractivity contribution in [1.82, 2.24) is 10.2 Å². The molecular weight excluding hydrogens is 329 g/mol. The molecule has 1 unspecified atom stereocenters. The van der Waals surface area contributed by atoms with Gasteiger partial charge in [0.2, 0.25) is 5.91 Å². The van der Waals surface area contributed by atoms with Crippen molar-refractivity contribution in [1.29, 1.82) is 0 Å². The topological polar surface area (TPSA) is 32.3 Å². The van der Waals surface area contributed by atoms with Crippen LogP contribution in [0.5, 0.6) is 0 Å². The van der Waals surface area contributed by atoms with Crippen LogP contribution in [0.25, 0.3) is 0 Å². The minimum Gasteiger partial charge on any atom is -0.338 e. The smallest absolute Gasteiger partial charge is 0.338 e. The van der Waals surface area contributed by atoms with Crippen LogP contribution in [0.1, 0.15) is 30.4 Å². The van der Waals surface area contributed by atoms with E-state index in [0.717, 1.165) is 50.0 Å². The maximum atomic E-state index is 12.6. The zero-order valence-electron chi connectivity index (χ0n) is 12.7. The largest absolute Gasteiger partial charge is 0.416 e. The molecule has 2 heterocycles. The highest BCUT2D eigenvalue weighted by molar-refractivity contribution is 5.85. The molecule has 2 fully saturated rings. The van der Waals surface area contributed by atoms with E-state index in [1.807, 2.05) is 0 Å². The molecule has 1 aromatic rings. The molecule has 23 heavy (non-hydrogen) atoms. The molecule has 7 heteroatoms. The Morgan fingerprint density at radius 3 is 2.43 bits per heavy atom. The first kappa shape index (κ1) is 18.1. The average Bonchev–Trinajstić information content (AvgIpc) is 2.77. The van der Waals surface area contributed by atoms with Crippen molar-refractivity contribution in [2.45, 2.75) is 32.0 Å². The number of carbonyl (C=O) groups excluding carboxylic acids is 1. The molecule has 0 bridgehead atoms. The van der Waals surface area contributed by atoms with Crippen molar-refractivity contribution >= 4 is 18.3 Å². The van der Waals surface area contributed by atoms with Crippen LogP contribution in [-0.4, -0.2) is 30.4 Å². The fourth-order valence-corrected chi connectivity index (χ4v) is 3.43. The molecule has 1 amide bonds. The molecule has 1 aromatic carbocycles. The van der Waals surface area contributed by atoms with E-state index in [1.165, 1.54) is 12.1 Å². The van der Waals surface area contributed by atoms with Gasteiger partial charge in [-0.25, -0.2) is 0 Å². The quantitative estimate of drug-likeness (QED) is 0.890. The summed E-state index contributed by atoms with van der Waals surface area (Å²) in [7, 11) is 0. The molecule has 2 aliphatic rings. The maximum Gasteiger partial charge on any atom is 0.416 e. The third-order valence-corrected chi connectivity index (χ3v) is 4.73. The van der Waals surface area contributed by atoms with E-state index in [1.54, 1.807) is 4.90 Å². The number of nitrogens with one attached hydrogen (secondary N) is 1. The van der Waals surface area contributed by atoms with Crippen LogP contribution < -0.4 is 5.32 Å². The summed E-state index contributed by atoms with van der Waals surface area (Å²) in [5, 5.41) is 3.28. The lowest BCUT2D eigenvalue weighted by Gasteiger charge is -2.32. The molecule has 0 saturated carbocycles. The summed E-state index contributed by atoms with van der Waals surface area (Å²) in [4.78, 5) is 14.4. The molecule has 3 nitrogen and oxygen atoms in total. The number of halogens is 4. The van der Waals surface area contributed by atoms with Gasteiger partial charge in [0, 0.05) is 19.6 Å². The van der Waals surface area contributed by atoms with E-state index in [4.69, 9.17) is 0 Å². The first-order valence-electron chi connectivity index (χ1n) is 7.57. The summed E-state index contributed by atoms with van der Waals surface area (Å²) in [5.41, 5.74) is -0.205. The van der Waals surface area contributed by atoms with E-state index in [9.17, 15) is 18.0 Å². The Morgan fingerprint density at radius 1 is 1.17 bits per heavy atom. The Bertz CT molecular complexity index is 553. The maximum absolute atomic E-state index is 12.6. The second-order valence-electron chi connectivity index (χ2n) is 6.23. The van der Waals surface area contributed by atoms with Crippen LogP contribution in [0.2, 0.25) is 0 Å². The van der Waals surface area contributed by atoms with Gasteiger partial charge in [-0.15, -0.1) is 12.4 Å². The number of carbonyl (C=O) groups is 1. The molecule has 1 N–H and O–H groups in total. The van der Waals surface area contributed by atoms with Crippen LogP contribution in [0.4, 0.5) is 13.2 Å². The van der Waals surface area contributed by atoms with Crippen molar-refractivity contribution in [2.24, 2.45) is 5.41 Å². The number of likely N-dealkylation sites (tertiary alicyclic amines) is 1. The van der Waals surface area contributed by atoms with Crippen molar-refractivity contribution < 1.29 is 18.0 Å². The fraction of sp³-hybridized carbons (Fsp3) is 0.562. The van der Waals surface area contributed by atoms with Crippen LogP contribution in [0.15, 0.2) is 24.3 Å². The average molecular weight is 349 g/mol. The van der Waals surface area contributed by atoms with Crippen molar-refractivity contribution in [3.05, 3.63) is 35.4 Å². The molecule has 2 aliphatic heterocycles. The Hall–Kier alpha value is -1.27. The lowest BCUT2D eigenvalue weighted by molar-refractivity contribution is -0.138. The summed E-state index contributed by atoms with van der Waals surface area (Å²) in [6.45, 7) is 2.74. The second kappa shape index (κ2) is 6.69. The predicted molar refractivity (Wildman–Crippen MR) is 83.3 cm³/mol. The molecule has 0 aromatic heterocycles. The van der Waals surface area contributed by atoms with Gasteiger partial charge in [0.05, 0.1) is 11.0 Å². The van der Waals surface area contributed by atoms with Gasteiger partial charge >= 0.3 is 6.18 Å².